The third kappa shape index (κ3) is 8.57. The van der Waals surface area contributed by atoms with Crippen molar-refractivity contribution in [3.8, 4) is 22.3 Å². The van der Waals surface area contributed by atoms with Crippen LogP contribution in [0.2, 0.25) is 0 Å². The molecule has 4 nitrogen and oxygen atoms in total. The van der Waals surface area contributed by atoms with Crippen LogP contribution in [-0.4, -0.2) is 0 Å². The molecule has 2 aromatic heterocycles. The molecule has 19 rings (SSSR count). The third-order valence-electron chi connectivity index (χ3n) is 21.5. The number of furan rings is 2. The van der Waals surface area contributed by atoms with Crippen molar-refractivity contribution < 1.29 is 8.83 Å². The van der Waals surface area contributed by atoms with E-state index in [2.05, 4.69) is 365 Å². The Morgan fingerprint density at radius 3 is 0.939 bits per heavy atom. The molecule has 0 saturated heterocycles. The number of hydrogen-bond donors (Lipinski definition) is 0. The van der Waals surface area contributed by atoms with Gasteiger partial charge in [0.2, 0.25) is 0 Å². The first-order valence-electron chi connectivity index (χ1n) is 34.4. The van der Waals surface area contributed by atoms with E-state index in [1.54, 1.807) is 0 Å². The molecule has 0 radical (unpaired) electrons. The molecule has 0 amide bonds. The monoisotopic (exact) mass is 1260 g/mol. The molecule has 0 saturated carbocycles. The van der Waals surface area contributed by atoms with Crippen LogP contribution in [0.4, 0.5) is 34.1 Å². The van der Waals surface area contributed by atoms with Crippen LogP contribution < -0.4 is 9.80 Å². The Hall–Kier alpha value is -12.0. The number of fused-ring (bicyclic) bond motifs is 14. The molecule has 2 aliphatic rings. The Labute approximate surface area is 570 Å². The van der Waals surface area contributed by atoms with E-state index in [0.717, 1.165) is 99.5 Å². The molecular formula is C94H68N2O2. The van der Waals surface area contributed by atoms with Crippen LogP contribution in [0.5, 0.6) is 0 Å². The predicted octanol–water partition coefficient (Wildman–Crippen LogP) is 25.7. The van der Waals surface area contributed by atoms with Crippen LogP contribution in [0.25, 0.3) is 87.7 Å². The number of nitrogens with zero attached hydrogens (tertiary/aromatic N) is 2. The van der Waals surface area contributed by atoms with E-state index >= 15 is 0 Å². The molecule has 2 aliphatic carbocycles. The zero-order valence-corrected chi connectivity index (χ0v) is 55.0. The van der Waals surface area contributed by atoms with Crippen molar-refractivity contribution in [2.45, 2.75) is 50.4 Å². The normalized spacial score (nSPS) is 13.4. The molecule has 0 atom stereocenters. The first-order valence-corrected chi connectivity index (χ1v) is 34.4. The molecule has 0 fully saturated rings. The van der Waals surface area contributed by atoms with Gasteiger partial charge in [0.15, 0.2) is 11.2 Å². The van der Waals surface area contributed by atoms with Gasteiger partial charge in [0.1, 0.15) is 11.2 Å². The van der Waals surface area contributed by atoms with Crippen LogP contribution >= 0.6 is 0 Å². The molecule has 0 spiro atoms. The Bertz CT molecular complexity index is 5540. The Kier molecular flexibility index (Phi) is 13.1. The van der Waals surface area contributed by atoms with Gasteiger partial charge in [-0.3, -0.25) is 0 Å². The lowest BCUT2D eigenvalue weighted by molar-refractivity contribution is 0.668. The summed E-state index contributed by atoms with van der Waals surface area (Å²) < 4.78 is 13.7. The molecular weight excluding hydrogens is 1190 g/mol. The van der Waals surface area contributed by atoms with Gasteiger partial charge in [-0.1, -0.05) is 246 Å². The summed E-state index contributed by atoms with van der Waals surface area (Å²) in [5.74, 6) is 0.785. The van der Waals surface area contributed by atoms with Crippen LogP contribution in [0.1, 0.15) is 95.2 Å². The van der Waals surface area contributed by atoms with E-state index in [0.29, 0.717) is 11.8 Å². The third-order valence-corrected chi connectivity index (χ3v) is 21.5. The van der Waals surface area contributed by atoms with Crippen molar-refractivity contribution in [1.29, 1.82) is 0 Å². The fraction of sp³-hybridized carbons (Fsp3) is 0.0851. The van der Waals surface area contributed by atoms with Gasteiger partial charge in [0.25, 0.3) is 0 Å². The van der Waals surface area contributed by atoms with Crippen LogP contribution in [0, 0.1) is 0 Å². The molecule has 0 bridgehead atoms. The van der Waals surface area contributed by atoms with Crippen LogP contribution in [-0.2, 0) is 10.8 Å². The van der Waals surface area contributed by atoms with Gasteiger partial charge < -0.3 is 18.6 Å². The van der Waals surface area contributed by atoms with Crippen molar-refractivity contribution in [1.82, 2.24) is 0 Å². The maximum Gasteiger partial charge on any atom is 0.159 e. The van der Waals surface area contributed by atoms with Gasteiger partial charge in [-0.15, -0.1) is 0 Å². The Balaban J connectivity index is 0.852. The quantitative estimate of drug-likeness (QED) is 0.122. The first kappa shape index (κ1) is 57.5. The molecule has 0 unspecified atom stereocenters. The molecule has 15 aromatic carbocycles. The topological polar surface area (TPSA) is 32.8 Å². The highest BCUT2D eigenvalue weighted by Gasteiger charge is 2.52. The smallest absolute Gasteiger partial charge is 0.159 e. The zero-order chi connectivity index (χ0) is 65.4. The van der Waals surface area contributed by atoms with Crippen molar-refractivity contribution in [3.05, 3.63) is 383 Å². The van der Waals surface area contributed by atoms with Crippen LogP contribution in [0.3, 0.4) is 0 Å². The van der Waals surface area contributed by atoms with Gasteiger partial charge in [0.05, 0.1) is 22.2 Å². The fourth-order valence-corrected chi connectivity index (χ4v) is 16.9. The summed E-state index contributed by atoms with van der Waals surface area (Å²) in [6.45, 7) is 9.03. The fourth-order valence-electron chi connectivity index (χ4n) is 16.9. The van der Waals surface area contributed by atoms with Gasteiger partial charge in [-0.2, -0.15) is 0 Å². The lowest BCUT2D eigenvalue weighted by atomic mass is 9.66. The van der Waals surface area contributed by atoms with E-state index in [4.69, 9.17) is 8.83 Å². The van der Waals surface area contributed by atoms with Crippen molar-refractivity contribution in [2.75, 3.05) is 9.80 Å². The van der Waals surface area contributed by atoms with Crippen molar-refractivity contribution in [2.24, 2.45) is 0 Å². The first-order chi connectivity index (χ1) is 48.2. The second kappa shape index (κ2) is 22.3. The molecule has 4 heteroatoms. The zero-order valence-electron chi connectivity index (χ0n) is 55.0. The average Bonchev–Trinajstić information content (AvgIpc) is 1.50. The van der Waals surface area contributed by atoms with E-state index in [-0.39, 0.29) is 0 Å². The highest BCUT2D eigenvalue weighted by atomic mass is 16.3. The maximum absolute atomic E-state index is 6.85. The molecule has 2 heterocycles. The summed E-state index contributed by atoms with van der Waals surface area (Å²) in [4.78, 5) is 4.78. The lowest BCUT2D eigenvalue weighted by Gasteiger charge is -2.35. The molecule has 466 valence electrons. The van der Waals surface area contributed by atoms with Crippen molar-refractivity contribution >= 4 is 99.5 Å². The van der Waals surface area contributed by atoms with Gasteiger partial charge in [-0.25, -0.2) is 0 Å². The number of rotatable bonds is 12. The SMILES string of the molecule is CC(C)c1ccc(N(c2ccc3cc4c(cc3c2)C(c2ccccc2)(c2ccccc2)c2cc3c(cc2-4)C(c2ccccc2)(c2ccccc2)c2cc4cc(N(c5ccc(C(C)C)cc5)c5cccc6c5oc5ccccc56)ccc4cc2-3)c2cccc3c2oc2ccccc23)cc1. The highest BCUT2D eigenvalue weighted by molar-refractivity contribution is 6.12. The van der Waals surface area contributed by atoms with Gasteiger partial charge >= 0.3 is 0 Å². The summed E-state index contributed by atoms with van der Waals surface area (Å²) in [7, 11) is 0. The van der Waals surface area contributed by atoms with E-state index in [9.17, 15) is 0 Å². The standard InChI is InChI=1S/C94H68N2O2/c1-59(2)61-39-45-71(46-40-61)95(87-35-21-33-77-75-31-17-19-37-89(75)97-91(77)87)73-49-43-63-53-79-81-57-86-82(58-85(81)93(67-23-9-5-10-24-67,68-25-11-6-12-26-68)83(79)55-65(63)51-73)80-54-64-44-50-74(52-66(64)56-84(80)94(86,69-27-13-7-14-28-69)70-29-15-8-16-30-70)96(72-47-41-62(42-48-72)60(3)4)88-36-22-34-78-76-32-18-20-38-90(76)98-92(78)88/h5-60H,1-4H3. The lowest BCUT2D eigenvalue weighted by Crippen LogP contribution is -2.30. The Morgan fingerprint density at radius 2 is 0.571 bits per heavy atom. The van der Waals surface area contributed by atoms with E-state index < -0.39 is 10.8 Å². The summed E-state index contributed by atoms with van der Waals surface area (Å²) >= 11 is 0. The van der Waals surface area contributed by atoms with Crippen LogP contribution in [0.15, 0.2) is 336 Å². The number of hydrogen-bond acceptors (Lipinski definition) is 4. The van der Waals surface area contributed by atoms with Crippen molar-refractivity contribution in [3.63, 3.8) is 0 Å². The van der Waals surface area contributed by atoms with E-state index in [1.807, 2.05) is 0 Å². The molecule has 0 N–H and O–H groups in total. The van der Waals surface area contributed by atoms with Gasteiger partial charge in [0, 0.05) is 44.3 Å². The average molecular weight is 1260 g/mol. The largest absolute Gasteiger partial charge is 0.454 e. The molecule has 0 aliphatic heterocycles. The second-order valence-corrected chi connectivity index (χ2v) is 27.4. The number of anilines is 6. The summed E-state index contributed by atoms with van der Waals surface area (Å²) in [6.07, 6.45) is 0. The minimum absolute atomic E-state index is 0.393. The highest BCUT2D eigenvalue weighted by Crippen LogP contribution is 2.64. The maximum atomic E-state index is 6.85. The second-order valence-electron chi connectivity index (χ2n) is 27.4. The summed E-state index contributed by atoms with van der Waals surface area (Å²) in [5, 5.41) is 9.02. The molecule has 98 heavy (non-hydrogen) atoms. The Morgan fingerprint density at radius 1 is 0.255 bits per heavy atom. The van der Waals surface area contributed by atoms with Gasteiger partial charge in [-0.05, 0) is 220 Å². The van der Waals surface area contributed by atoms with E-state index in [1.165, 1.54) is 77.9 Å². The summed E-state index contributed by atoms with van der Waals surface area (Å²) in [5.41, 5.74) is 25.6. The minimum atomic E-state index is -0.727. The minimum Gasteiger partial charge on any atom is -0.454 e. The number of para-hydroxylation sites is 4. The predicted molar refractivity (Wildman–Crippen MR) is 408 cm³/mol. The number of benzene rings is 15. The molecule has 17 aromatic rings. The summed E-state index contributed by atoms with van der Waals surface area (Å²) in [6, 6.07) is 123.